The number of nitrogens with one attached hydrogen (secondary N) is 4. The molecule has 0 aliphatic heterocycles. The van der Waals surface area contributed by atoms with Crippen LogP contribution in [0.3, 0.4) is 0 Å². The van der Waals surface area contributed by atoms with E-state index < -0.39 is 35.8 Å². The van der Waals surface area contributed by atoms with Crippen molar-refractivity contribution in [3.8, 4) is 9.88 Å². The standard InChI is InChI=1S/C25H24N6O5S2/c32-21(12-27-22(33)19-13-38-24(31-19)20-7-4-8-37-20)29-17(9-15-5-2-1-3-6-15)23(34)30-18(25(35)36)10-16-11-26-14-28-16/h1-8,11,13-14,17-18H,9-10,12H2,(H,26,28)(H,27,33)(H,29,32)(H,30,34)(H,35,36)/t17-,18-/m0/s1. The summed E-state index contributed by atoms with van der Waals surface area (Å²) < 4.78 is 0. The van der Waals surface area contributed by atoms with Gasteiger partial charge in [-0.1, -0.05) is 36.4 Å². The van der Waals surface area contributed by atoms with E-state index in [9.17, 15) is 24.3 Å². The van der Waals surface area contributed by atoms with Crippen LogP contribution in [0.4, 0.5) is 0 Å². The lowest BCUT2D eigenvalue weighted by molar-refractivity contribution is -0.142. The van der Waals surface area contributed by atoms with Crippen molar-refractivity contribution in [3.63, 3.8) is 0 Å². The number of thiazole rings is 1. The molecular formula is C25H24N6O5S2. The summed E-state index contributed by atoms with van der Waals surface area (Å²) in [6.45, 7) is -0.389. The molecule has 4 aromatic rings. The highest BCUT2D eigenvalue weighted by Gasteiger charge is 2.27. The van der Waals surface area contributed by atoms with Gasteiger partial charge in [-0.3, -0.25) is 14.4 Å². The van der Waals surface area contributed by atoms with Gasteiger partial charge in [0, 0.05) is 30.1 Å². The topological polar surface area (TPSA) is 166 Å². The van der Waals surface area contributed by atoms with Crippen LogP contribution in [0.5, 0.6) is 0 Å². The van der Waals surface area contributed by atoms with Gasteiger partial charge in [0.15, 0.2) is 0 Å². The van der Waals surface area contributed by atoms with E-state index in [1.807, 2.05) is 23.6 Å². The third kappa shape index (κ3) is 7.33. The number of amides is 3. The van der Waals surface area contributed by atoms with Gasteiger partial charge >= 0.3 is 5.97 Å². The number of aliphatic carboxylic acids is 1. The third-order valence-corrected chi connectivity index (χ3v) is 7.29. The third-order valence-electron chi connectivity index (χ3n) is 5.41. The Morgan fingerprint density at radius 2 is 1.79 bits per heavy atom. The van der Waals surface area contributed by atoms with Crippen molar-refractivity contribution in [2.24, 2.45) is 0 Å². The summed E-state index contributed by atoms with van der Waals surface area (Å²) in [5.74, 6) is -3.02. The van der Waals surface area contributed by atoms with Gasteiger partial charge in [-0.25, -0.2) is 14.8 Å². The number of hydrogen-bond acceptors (Lipinski definition) is 8. The molecule has 0 radical (unpaired) electrons. The largest absolute Gasteiger partial charge is 0.480 e. The minimum absolute atomic E-state index is 0.00969. The van der Waals surface area contributed by atoms with Crippen molar-refractivity contribution in [2.75, 3.05) is 6.54 Å². The van der Waals surface area contributed by atoms with Crippen LogP contribution in [0.1, 0.15) is 21.7 Å². The molecule has 3 aromatic heterocycles. The first-order valence-corrected chi connectivity index (χ1v) is 13.3. The van der Waals surface area contributed by atoms with Gasteiger partial charge in [0.25, 0.3) is 5.91 Å². The molecule has 0 aliphatic carbocycles. The van der Waals surface area contributed by atoms with Gasteiger partial charge in [0.05, 0.1) is 17.7 Å². The monoisotopic (exact) mass is 552 g/mol. The fourth-order valence-electron chi connectivity index (χ4n) is 3.54. The van der Waals surface area contributed by atoms with Crippen molar-refractivity contribution in [2.45, 2.75) is 24.9 Å². The summed E-state index contributed by atoms with van der Waals surface area (Å²) in [7, 11) is 0. The second-order valence-corrected chi connectivity index (χ2v) is 9.99. The highest BCUT2D eigenvalue weighted by Crippen LogP contribution is 2.27. The molecule has 3 heterocycles. The molecule has 38 heavy (non-hydrogen) atoms. The number of imidazole rings is 1. The van der Waals surface area contributed by atoms with E-state index in [4.69, 9.17) is 0 Å². The maximum atomic E-state index is 13.1. The molecule has 0 fully saturated rings. The molecule has 4 rings (SSSR count). The van der Waals surface area contributed by atoms with Crippen molar-refractivity contribution in [1.82, 2.24) is 30.9 Å². The summed E-state index contributed by atoms with van der Waals surface area (Å²) in [5.41, 5.74) is 1.49. The van der Waals surface area contributed by atoms with Gasteiger partial charge < -0.3 is 26.0 Å². The van der Waals surface area contributed by atoms with Crippen LogP contribution in [-0.2, 0) is 27.2 Å². The summed E-state index contributed by atoms with van der Waals surface area (Å²) in [5, 5.41) is 21.4. The van der Waals surface area contributed by atoms with Crippen LogP contribution >= 0.6 is 22.7 Å². The smallest absolute Gasteiger partial charge is 0.326 e. The maximum absolute atomic E-state index is 13.1. The lowest BCUT2D eigenvalue weighted by Crippen LogP contribution is -2.54. The summed E-state index contributed by atoms with van der Waals surface area (Å²) in [6.07, 6.45) is 3.00. The molecule has 0 unspecified atom stereocenters. The average molecular weight is 553 g/mol. The number of carboxylic acids is 1. The number of nitrogens with zero attached hydrogens (tertiary/aromatic N) is 2. The second-order valence-electron chi connectivity index (χ2n) is 8.19. The van der Waals surface area contributed by atoms with Crippen molar-refractivity contribution < 1.29 is 24.3 Å². The number of carbonyl (C=O) groups excluding carboxylic acids is 3. The van der Waals surface area contributed by atoms with Gasteiger partial charge in [-0.05, 0) is 17.0 Å². The minimum Gasteiger partial charge on any atom is -0.480 e. The SMILES string of the molecule is O=C(CNC(=O)c1csc(-c2cccs2)n1)N[C@@H](Cc1ccccc1)C(=O)N[C@@H](Cc1cnc[nH]1)C(=O)O. The summed E-state index contributed by atoms with van der Waals surface area (Å²) in [4.78, 5) is 62.0. The molecule has 0 saturated heterocycles. The fourth-order valence-corrected chi connectivity index (χ4v) is 5.15. The second kappa shape index (κ2) is 12.7. The Kier molecular flexibility index (Phi) is 8.95. The van der Waals surface area contributed by atoms with Gasteiger partial charge in [-0.15, -0.1) is 22.7 Å². The number of benzene rings is 1. The minimum atomic E-state index is -1.24. The zero-order valence-corrected chi connectivity index (χ0v) is 21.6. The van der Waals surface area contributed by atoms with Crippen LogP contribution < -0.4 is 16.0 Å². The predicted octanol–water partition coefficient (Wildman–Crippen LogP) is 1.86. The number of carboxylic acid groups (broad SMARTS) is 1. The number of carbonyl (C=O) groups is 4. The van der Waals surface area contributed by atoms with Gasteiger partial charge in [0.2, 0.25) is 11.8 Å². The van der Waals surface area contributed by atoms with Crippen LogP contribution in [0.2, 0.25) is 0 Å². The van der Waals surface area contributed by atoms with E-state index in [-0.39, 0.29) is 25.1 Å². The van der Waals surface area contributed by atoms with Crippen LogP contribution in [-0.4, -0.2) is 62.4 Å². The van der Waals surface area contributed by atoms with Gasteiger partial charge in [-0.2, -0.15) is 0 Å². The van der Waals surface area contributed by atoms with Crippen molar-refractivity contribution >= 4 is 46.4 Å². The van der Waals surface area contributed by atoms with E-state index in [1.54, 1.807) is 29.6 Å². The Bertz CT molecular complexity index is 1370. The first-order valence-electron chi connectivity index (χ1n) is 11.5. The van der Waals surface area contributed by atoms with Crippen molar-refractivity contribution in [3.05, 3.63) is 82.7 Å². The first-order chi connectivity index (χ1) is 18.4. The number of rotatable bonds is 12. The lowest BCUT2D eigenvalue weighted by atomic mass is 10.0. The molecule has 1 aromatic carbocycles. The summed E-state index contributed by atoms with van der Waals surface area (Å²) >= 11 is 2.83. The Morgan fingerprint density at radius 3 is 2.47 bits per heavy atom. The molecular weight excluding hydrogens is 528 g/mol. The molecule has 0 bridgehead atoms. The van der Waals surface area contributed by atoms with E-state index >= 15 is 0 Å². The number of aromatic nitrogens is 3. The summed E-state index contributed by atoms with van der Waals surface area (Å²) in [6, 6.07) is 10.5. The highest BCUT2D eigenvalue weighted by atomic mass is 32.1. The Morgan fingerprint density at radius 1 is 0.974 bits per heavy atom. The van der Waals surface area contributed by atoms with Gasteiger partial charge in [0.1, 0.15) is 22.8 Å². The highest BCUT2D eigenvalue weighted by molar-refractivity contribution is 7.20. The molecule has 2 atom stereocenters. The Labute approximate surface area is 225 Å². The van der Waals surface area contributed by atoms with E-state index in [2.05, 4.69) is 30.9 Å². The van der Waals surface area contributed by atoms with E-state index in [0.717, 1.165) is 10.4 Å². The number of aromatic amines is 1. The number of H-pyrrole nitrogens is 1. The molecule has 0 aliphatic rings. The Balaban J connectivity index is 1.38. The molecule has 13 heteroatoms. The quantitative estimate of drug-likeness (QED) is 0.179. The molecule has 11 nitrogen and oxygen atoms in total. The number of hydrogen-bond donors (Lipinski definition) is 5. The zero-order valence-electron chi connectivity index (χ0n) is 19.9. The van der Waals surface area contributed by atoms with Crippen LogP contribution in [0, 0.1) is 0 Å². The van der Waals surface area contributed by atoms with Crippen LogP contribution in [0.15, 0.2) is 65.7 Å². The number of thiophene rings is 1. The molecule has 5 N–H and O–H groups in total. The zero-order chi connectivity index (χ0) is 26.9. The Hall–Kier alpha value is -4.36. The molecule has 0 spiro atoms. The normalized spacial score (nSPS) is 12.3. The van der Waals surface area contributed by atoms with Crippen molar-refractivity contribution in [1.29, 1.82) is 0 Å². The van der Waals surface area contributed by atoms with Crippen LogP contribution in [0.25, 0.3) is 9.88 Å². The molecule has 0 saturated carbocycles. The maximum Gasteiger partial charge on any atom is 0.326 e. The fraction of sp³-hybridized carbons (Fsp3) is 0.200. The lowest BCUT2D eigenvalue weighted by Gasteiger charge is -2.21. The molecule has 196 valence electrons. The average Bonchev–Trinajstić information content (AvgIpc) is 3.69. The predicted molar refractivity (Wildman–Crippen MR) is 142 cm³/mol. The molecule has 3 amide bonds. The van der Waals surface area contributed by atoms with E-state index in [1.165, 1.54) is 35.2 Å². The first kappa shape index (κ1) is 26.7. The van der Waals surface area contributed by atoms with E-state index in [0.29, 0.717) is 10.7 Å².